The minimum Gasteiger partial charge on any atom is -0.465 e. The minimum absolute atomic E-state index is 0.401. The fourth-order valence-electron chi connectivity index (χ4n) is 1.58. The molecule has 0 radical (unpaired) electrons. The van der Waals surface area contributed by atoms with Crippen molar-refractivity contribution in [2.24, 2.45) is 0 Å². The summed E-state index contributed by atoms with van der Waals surface area (Å²) in [5, 5.41) is 0. The molecule has 0 aliphatic carbocycles. The van der Waals surface area contributed by atoms with Crippen molar-refractivity contribution in [1.29, 1.82) is 0 Å². The maximum Gasteiger partial charge on any atom is 0.340 e. The van der Waals surface area contributed by atoms with Crippen LogP contribution in [-0.2, 0) is 4.74 Å². The fourth-order valence-corrected chi connectivity index (χ4v) is 1.58. The Morgan fingerprint density at radius 2 is 2.18 bits per heavy atom. The van der Waals surface area contributed by atoms with Gasteiger partial charge in [-0.3, -0.25) is 0 Å². The van der Waals surface area contributed by atoms with Gasteiger partial charge in [0.1, 0.15) is 0 Å². The maximum absolute atomic E-state index is 11.5. The van der Waals surface area contributed by atoms with Crippen LogP contribution in [0.1, 0.15) is 30.6 Å². The van der Waals surface area contributed by atoms with E-state index in [1.54, 1.807) is 12.1 Å². The third-order valence-corrected chi connectivity index (χ3v) is 3.10. The molecule has 0 heterocycles. The van der Waals surface area contributed by atoms with Gasteiger partial charge >= 0.3 is 5.97 Å². The van der Waals surface area contributed by atoms with E-state index in [4.69, 9.17) is 10.5 Å². The first-order valence-corrected chi connectivity index (χ1v) is 5.71. The first-order chi connectivity index (χ1) is 8.01. The Bertz CT molecular complexity index is 404. The number of nitrogens with zero attached hydrogens (tertiary/aromatic N) is 1. The highest BCUT2D eigenvalue weighted by molar-refractivity contribution is 5.96. The van der Waals surface area contributed by atoms with E-state index in [1.807, 2.05) is 13.1 Å². The molecule has 1 unspecified atom stereocenters. The molecule has 94 valence electrons. The minimum atomic E-state index is -0.401. The van der Waals surface area contributed by atoms with E-state index in [2.05, 4.69) is 18.7 Å². The average Bonchev–Trinajstić information content (AvgIpc) is 2.36. The van der Waals surface area contributed by atoms with Gasteiger partial charge < -0.3 is 15.4 Å². The van der Waals surface area contributed by atoms with Crippen molar-refractivity contribution < 1.29 is 9.53 Å². The van der Waals surface area contributed by atoms with Gasteiger partial charge in [-0.25, -0.2) is 4.79 Å². The maximum atomic E-state index is 11.5. The Morgan fingerprint density at radius 3 is 2.71 bits per heavy atom. The summed E-state index contributed by atoms with van der Waals surface area (Å²) >= 11 is 0. The zero-order valence-corrected chi connectivity index (χ0v) is 10.9. The molecule has 0 aliphatic heterocycles. The Morgan fingerprint density at radius 1 is 1.53 bits per heavy atom. The molecule has 1 aromatic carbocycles. The molecule has 17 heavy (non-hydrogen) atoms. The fraction of sp³-hybridized carbons (Fsp3) is 0.462. The molecule has 4 nitrogen and oxygen atoms in total. The highest BCUT2D eigenvalue weighted by atomic mass is 16.5. The van der Waals surface area contributed by atoms with E-state index in [0.29, 0.717) is 17.3 Å². The van der Waals surface area contributed by atoms with Crippen LogP contribution in [0.2, 0.25) is 0 Å². The number of methoxy groups -OCH3 is 1. The number of rotatable bonds is 4. The summed E-state index contributed by atoms with van der Waals surface area (Å²) in [7, 11) is 3.35. The summed E-state index contributed by atoms with van der Waals surface area (Å²) in [4.78, 5) is 13.6. The number of carbonyl (C=O) groups is 1. The molecule has 0 saturated carbocycles. The van der Waals surface area contributed by atoms with Crippen molar-refractivity contribution in [2.45, 2.75) is 26.3 Å². The van der Waals surface area contributed by atoms with E-state index < -0.39 is 5.97 Å². The molecule has 0 aromatic heterocycles. The van der Waals surface area contributed by atoms with E-state index >= 15 is 0 Å². The van der Waals surface area contributed by atoms with E-state index in [9.17, 15) is 4.79 Å². The van der Waals surface area contributed by atoms with E-state index in [0.717, 1.165) is 12.1 Å². The van der Waals surface area contributed by atoms with Gasteiger partial charge in [0.15, 0.2) is 0 Å². The second kappa shape index (κ2) is 5.57. The first-order valence-electron chi connectivity index (χ1n) is 5.71. The van der Waals surface area contributed by atoms with Crippen molar-refractivity contribution >= 4 is 17.3 Å². The van der Waals surface area contributed by atoms with Crippen LogP contribution in [0, 0.1) is 0 Å². The number of nitrogen functional groups attached to an aromatic ring is 1. The summed E-state index contributed by atoms with van der Waals surface area (Å²) in [5.74, 6) is -0.401. The molecule has 0 fully saturated rings. The van der Waals surface area contributed by atoms with Gasteiger partial charge in [0, 0.05) is 24.5 Å². The third kappa shape index (κ3) is 2.90. The highest BCUT2D eigenvalue weighted by Gasteiger charge is 2.14. The molecule has 0 spiro atoms. The molecular formula is C13H20N2O2. The van der Waals surface area contributed by atoms with Gasteiger partial charge in [-0.1, -0.05) is 6.92 Å². The molecule has 2 N–H and O–H groups in total. The van der Waals surface area contributed by atoms with Crippen LogP contribution in [-0.4, -0.2) is 26.2 Å². The normalized spacial score (nSPS) is 12.0. The van der Waals surface area contributed by atoms with Gasteiger partial charge in [0.05, 0.1) is 12.7 Å². The van der Waals surface area contributed by atoms with Crippen molar-refractivity contribution in [1.82, 2.24) is 0 Å². The molecule has 0 amide bonds. The van der Waals surface area contributed by atoms with Gasteiger partial charge in [-0.2, -0.15) is 0 Å². The Balaban J connectivity index is 3.08. The lowest BCUT2D eigenvalue weighted by molar-refractivity contribution is 0.0602. The predicted molar refractivity (Wildman–Crippen MR) is 70.3 cm³/mol. The van der Waals surface area contributed by atoms with Crippen molar-refractivity contribution in [3.05, 3.63) is 23.8 Å². The number of hydrogen-bond acceptors (Lipinski definition) is 4. The lowest BCUT2D eigenvalue weighted by atomic mass is 10.1. The number of nitrogens with two attached hydrogens (primary N) is 1. The second-order valence-electron chi connectivity index (χ2n) is 4.13. The lowest BCUT2D eigenvalue weighted by Crippen LogP contribution is -2.28. The Labute approximate surface area is 102 Å². The zero-order chi connectivity index (χ0) is 13.0. The second-order valence-corrected chi connectivity index (χ2v) is 4.13. The van der Waals surface area contributed by atoms with Crippen molar-refractivity contribution in [2.75, 3.05) is 24.8 Å². The number of hydrogen-bond donors (Lipinski definition) is 1. The molecule has 0 aliphatic rings. The predicted octanol–water partition coefficient (Wildman–Crippen LogP) is 2.29. The monoisotopic (exact) mass is 236 g/mol. The largest absolute Gasteiger partial charge is 0.465 e. The van der Waals surface area contributed by atoms with Crippen LogP contribution in [0.5, 0.6) is 0 Å². The molecular weight excluding hydrogens is 216 g/mol. The van der Waals surface area contributed by atoms with E-state index in [1.165, 1.54) is 7.11 Å². The smallest absolute Gasteiger partial charge is 0.340 e. The summed E-state index contributed by atoms with van der Waals surface area (Å²) in [6.07, 6.45) is 1.04. The van der Waals surface area contributed by atoms with Crippen molar-refractivity contribution in [3.8, 4) is 0 Å². The highest BCUT2D eigenvalue weighted by Crippen LogP contribution is 2.23. The first kappa shape index (κ1) is 13.4. The quantitative estimate of drug-likeness (QED) is 0.643. The van der Waals surface area contributed by atoms with Crippen LogP contribution in [0.4, 0.5) is 11.4 Å². The lowest BCUT2D eigenvalue weighted by Gasteiger charge is -2.26. The van der Waals surface area contributed by atoms with Gasteiger partial charge in [-0.05, 0) is 31.5 Å². The van der Waals surface area contributed by atoms with Crippen LogP contribution in [0.3, 0.4) is 0 Å². The molecule has 1 rings (SSSR count). The van der Waals surface area contributed by atoms with Crippen LogP contribution in [0.25, 0.3) is 0 Å². The van der Waals surface area contributed by atoms with Gasteiger partial charge in [0.25, 0.3) is 0 Å². The van der Waals surface area contributed by atoms with Crippen LogP contribution in [0.15, 0.2) is 18.2 Å². The summed E-state index contributed by atoms with van der Waals surface area (Å²) in [5.41, 5.74) is 7.58. The van der Waals surface area contributed by atoms with Gasteiger partial charge in [0.2, 0.25) is 0 Å². The summed E-state index contributed by atoms with van der Waals surface area (Å²) in [6.45, 7) is 4.26. The van der Waals surface area contributed by atoms with Crippen LogP contribution < -0.4 is 10.6 Å². The third-order valence-electron chi connectivity index (χ3n) is 3.10. The number of benzene rings is 1. The number of ether oxygens (including phenoxy) is 1. The standard InChI is InChI=1S/C13H20N2O2/c1-5-9(2)15(3)10-6-7-12(14)11(8-10)13(16)17-4/h6-9H,5,14H2,1-4H3. The molecule has 0 bridgehead atoms. The number of carbonyl (C=O) groups excluding carboxylic acids is 1. The molecule has 4 heteroatoms. The Hall–Kier alpha value is -1.71. The number of anilines is 2. The topological polar surface area (TPSA) is 55.6 Å². The van der Waals surface area contributed by atoms with Crippen molar-refractivity contribution in [3.63, 3.8) is 0 Å². The van der Waals surface area contributed by atoms with E-state index in [-0.39, 0.29) is 0 Å². The average molecular weight is 236 g/mol. The zero-order valence-electron chi connectivity index (χ0n) is 10.9. The van der Waals surface area contributed by atoms with Crippen LogP contribution >= 0.6 is 0 Å². The summed E-state index contributed by atoms with van der Waals surface area (Å²) in [6, 6.07) is 5.82. The Kier molecular flexibility index (Phi) is 4.37. The summed E-state index contributed by atoms with van der Waals surface area (Å²) < 4.78 is 4.70. The molecule has 0 saturated heterocycles. The number of esters is 1. The van der Waals surface area contributed by atoms with Gasteiger partial charge in [-0.15, -0.1) is 0 Å². The molecule has 1 atom stereocenters. The SMILES string of the molecule is CCC(C)N(C)c1ccc(N)c(C(=O)OC)c1. The molecule has 1 aromatic rings.